The molecule has 0 saturated carbocycles. The van der Waals surface area contributed by atoms with E-state index in [1.165, 1.54) is 27.6 Å². The maximum absolute atomic E-state index is 14.6. The minimum atomic E-state index is -2.08. The van der Waals surface area contributed by atoms with Gasteiger partial charge in [0.2, 0.25) is 17.5 Å². The fraction of sp³-hybridized carbons (Fsp3) is 0.441. The first kappa shape index (κ1) is 28.8. The third kappa shape index (κ3) is 4.10. The molecule has 0 bridgehead atoms. The number of nitrogens with zero attached hydrogens (tertiary/aromatic N) is 3. The first-order valence-corrected chi connectivity index (χ1v) is 16.8. The summed E-state index contributed by atoms with van der Waals surface area (Å²) in [5.74, 6) is -3.52. The second-order valence-electron chi connectivity index (χ2n) is 13.3. The highest BCUT2D eigenvalue weighted by Crippen LogP contribution is 2.48. The summed E-state index contributed by atoms with van der Waals surface area (Å²) in [6.07, 6.45) is 5.18. The number of likely N-dealkylation sites (N-methyl/N-ethyl adjacent to an activating group) is 1. The number of amides is 3. The topological polar surface area (TPSA) is 118 Å². The van der Waals surface area contributed by atoms with Gasteiger partial charge in [-0.25, -0.2) is 0 Å². The van der Waals surface area contributed by atoms with Crippen molar-refractivity contribution in [1.82, 2.24) is 25.0 Å². The maximum atomic E-state index is 14.6. The highest BCUT2D eigenvalue weighted by atomic mass is 32.2. The number of nitrogens with one attached hydrogen (secondary N) is 2. The number of hydrogen-bond acceptors (Lipinski definition) is 7. The number of carbonyl (C=O) groups excluding carboxylic acids is 3. The lowest BCUT2D eigenvalue weighted by atomic mass is 9.79. The molecule has 0 radical (unpaired) electrons. The van der Waals surface area contributed by atoms with Crippen LogP contribution in [0.1, 0.15) is 30.5 Å². The number of aliphatic hydroxyl groups is 1. The molecule has 1 aliphatic carbocycles. The highest BCUT2D eigenvalue weighted by molar-refractivity contribution is 7.99. The number of H-pyrrole nitrogens is 1. The number of benzene rings is 2. The van der Waals surface area contributed by atoms with E-state index < -0.39 is 41.5 Å². The summed E-state index contributed by atoms with van der Waals surface area (Å²) in [5.41, 5.74) is 3.57. The summed E-state index contributed by atoms with van der Waals surface area (Å²) in [5, 5.41) is 16.5. The molecule has 6 atom stereocenters. The van der Waals surface area contributed by atoms with Crippen LogP contribution in [0.3, 0.4) is 0 Å². The molecule has 1 aromatic heterocycles. The first-order valence-electron chi connectivity index (χ1n) is 15.6. The molecular weight excluding hydrogens is 590 g/mol. The van der Waals surface area contributed by atoms with Gasteiger partial charge >= 0.3 is 0 Å². The maximum Gasteiger partial charge on any atom is 0.281 e. The van der Waals surface area contributed by atoms with Crippen molar-refractivity contribution in [2.45, 2.75) is 56.5 Å². The van der Waals surface area contributed by atoms with E-state index in [0.717, 1.165) is 28.6 Å². The molecule has 3 amide bonds. The van der Waals surface area contributed by atoms with Crippen molar-refractivity contribution in [3.05, 3.63) is 77.5 Å². The second kappa shape index (κ2) is 10.2. The van der Waals surface area contributed by atoms with Crippen molar-refractivity contribution in [2.24, 2.45) is 11.8 Å². The molecule has 45 heavy (non-hydrogen) atoms. The summed E-state index contributed by atoms with van der Waals surface area (Å²) in [6, 6.07) is 14.1. The number of carbonyl (C=O) groups is 3. The Hall–Kier alpha value is -3.64. The van der Waals surface area contributed by atoms with Crippen molar-refractivity contribution >= 4 is 46.0 Å². The number of aromatic nitrogens is 1. The van der Waals surface area contributed by atoms with E-state index in [0.29, 0.717) is 18.2 Å². The molecule has 0 unspecified atom stereocenters. The third-order valence-electron chi connectivity index (χ3n) is 10.4. The predicted molar refractivity (Wildman–Crippen MR) is 170 cm³/mol. The molecule has 10 nitrogen and oxygen atoms in total. The molecule has 8 rings (SSSR count). The lowest BCUT2D eigenvalue weighted by Gasteiger charge is -2.48. The Labute approximate surface area is 265 Å². The van der Waals surface area contributed by atoms with Gasteiger partial charge in [0.05, 0.1) is 11.8 Å². The van der Waals surface area contributed by atoms with Gasteiger partial charge in [-0.1, -0.05) is 62.4 Å². The number of aromatic amines is 1. The van der Waals surface area contributed by atoms with Crippen molar-refractivity contribution < 1.29 is 24.2 Å². The van der Waals surface area contributed by atoms with Crippen LogP contribution < -0.4 is 5.32 Å². The van der Waals surface area contributed by atoms with Gasteiger partial charge in [0.25, 0.3) is 11.8 Å². The smallest absolute Gasteiger partial charge is 0.281 e. The van der Waals surface area contributed by atoms with Crippen molar-refractivity contribution in [3.63, 3.8) is 0 Å². The van der Waals surface area contributed by atoms with Gasteiger partial charge in [0.15, 0.2) is 0 Å². The van der Waals surface area contributed by atoms with Crippen molar-refractivity contribution in [1.29, 1.82) is 0 Å². The van der Waals surface area contributed by atoms with Crippen LogP contribution in [-0.2, 0) is 32.0 Å². The minimum absolute atomic E-state index is 0.136. The van der Waals surface area contributed by atoms with E-state index in [9.17, 15) is 19.5 Å². The minimum Gasteiger partial charge on any atom is -0.361 e. The standard InChI is InChI=1S/C34H37N5O5S/c1-19(2)33(36-30(40)22-13-24-23-10-7-11-25-29(23)21(15-35-25)14-26(24)37(3)16-22)32(42)39-27(12-20-8-5-4-6-9-20)31(41)38-18-45-17-28(38)34(39,43)44-33/h4-11,13,15,19,22,26-28,35,43H,12,14,16-18H2,1-3H3,(H,36,40)/t22-,26-,27+,28+,33-,34+/m1/s1. The Bertz CT molecular complexity index is 1760. The van der Waals surface area contributed by atoms with Gasteiger partial charge in [-0.05, 0) is 41.8 Å². The van der Waals surface area contributed by atoms with Crippen LogP contribution in [-0.4, -0.2) is 97.5 Å². The van der Waals surface area contributed by atoms with Gasteiger partial charge in [-0.2, -0.15) is 0 Å². The molecular formula is C34H37N5O5S. The van der Waals surface area contributed by atoms with Crippen LogP contribution in [0, 0.1) is 11.8 Å². The van der Waals surface area contributed by atoms with Gasteiger partial charge in [-0.3, -0.25) is 28.9 Å². The highest BCUT2D eigenvalue weighted by Gasteiger charge is 2.72. The van der Waals surface area contributed by atoms with E-state index in [1.807, 2.05) is 49.5 Å². The van der Waals surface area contributed by atoms with E-state index in [-0.39, 0.29) is 24.3 Å². The van der Waals surface area contributed by atoms with Crippen LogP contribution in [0.5, 0.6) is 0 Å². The number of ether oxygens (including phenoxy) is 1. The average Bonchev–Trinajstić information content (AvgIpc) is 3.74. The SMILES string of the molecule is CC(C)[C@@]1(NC(=O)[C@@H]2C=C3c4cccc5[nH]cc(c45)C[C@H]3N(C)C2)O[C@@]2(O)[C@@H]3CSCN3C(=O)[C@H](Cc3ccccc3)N2C1=O. The van der Waals surface area contributed by atoms with Gasteiger partial charge in [0, 0.05) is 47.8 Å². The molecule has 5 heterocycles. The fourth-order valence-corrected chi connectivity index (χ4v) is 9.24. The van der Waals surface area contributed by atoms with Crippen molar-refractivity contribution in [3.8, 4) is 0 Å². The van der Waals surface area contributed by atoms with Crippen LogP contribution in [0.2, 0.25) is 0 Å². The van der Waals surface area contributed by atoms with E-state index in [2.05, 4.69) is 33.5 Å². The molecule has 3 fully saturated rings. The van der Waals surface area contributed by atoms with E-state index in [4.69, 9.17) is 4.74 Å². The molecule has 3 aromatic rings. The third-order valence-corrected chi connectivity index (χ3v) is 11.4. The number of hydrogen-bond donors (Lipinski definition) is 3. The predicted octanol–water partition coefficient (Wildman–Crippen LogP) is 2.54. The normalized spacial score (nSPS) is 32.5. The fourth-order valence-electron chi connectivity index (χ4n) is 8.02. The number of fused-ring (bicyclic) bond motifs is 5. The quantitative estimate of drug-likeness (QED) is 0.398. The molecule has 0 spiro atoms. The second-order valence-corrected chi connectivity index (χ2v) is 14.3. The molecule has 4 aliphatic heterocycles. The Morgan fingerprint density at radius 3 is 2.76 bits per heavy atom. The number of rotatable bonds is 5. The largest absolute Gasteiger partial charge is 0.361 e. The number of piperazine rings is 1. The van der Waals surface area contributed by atoms with Gasteiger partial charge in [-0.15, -0.1) is 11.8 Å². The average molecular weight is 628 g/mol. The zero-order valence-corrected chi connectivity index (χ0v) is 26.3. The molecule has 2 aromatic carbocycles. The summed E-state index contributed by atoms with van der Waals surface area (Å²) in [7, 11) is 2.03. The first-order chi connectivity index (χ1) is 21.6. The number of thioether (sulfide) groups is 1. The molecule has 3 saturated heterocycles. The Morgan fingerprint density at radius 1 is 1.18 bits per heavy atom. The van der Waals surface area contributed by atoms with E-state index >= 15 is 0 Å². The van der Waals surface area contributed by atoms with Crippen molar-refractivity contribution in [2.75, 3.05) is 25.2 Å². The summed E-state index contributed by atoms with van der Waals surface area (Å²) < 4.78 is 6.48. The molecule has 3 N–H and O–H groups in total. The Kier molecular flexibility index (Phi) is 6.52. The van der Waals surface area contributed by atoms with E-state index in [1.54, 1.807) is 18.7 Å². The molecule has 11 heteroatoms. The van der Waals surface area contributed by atoms with Crippen LogP contribution in [0.15, 0.2) is 60.8 Å². The lowest BCUT2D eigenvalue weighted by Crippen LogP contribution is -2.72. The van der Waals surface area contributed by atoms with Crippen LogP contribution in [0.4, 0.5) is 0 Å². The summed E-state index contributed by atoms with van der Waals surface area (Å²) in [4.78, 5) is 51.1. The molecule has 5 aliphatic rings. The monoisotopic (exact) mass is 627 g/mol. The Balaban J connectivity index is 1.15. The Morgan fingerprint density at radius 2 is 1.98 bits per heavy atom. The summed E-state index contributed by atoms with van der Waals surface area (Å²) in [6.45, 7) is 4.06. The molecule has 234 valence electrons. The van der Waals surface area contributed by atoms with Crippen LogP contribution >= 0.6 is 11.8 Å². The van der Waals surface area contributed by atoms with Crippen LogP contribution in [0.25, 0.3) is 16.5 Å². The zero-order chi connectivity index (χ0) is 31.2. The zero-order valence-electron chi connectivity index (χ0n) is 25.5. The lowest BCUT2D eigenvalue weighted by molar-refractivity contribution is -0.319. The summed E-state index contributed by atoms with van der Waals surface area (Å²) >= 11 is 1.51. The van der Waals surface area contributed by atoms with Gasteiger partial charge < -0.3 is 20.3 Å². The van der Waals surface area contributed by atoms with Gasteiger partial charge in [0.1, 0.15) is 12.1 Å².